The highest BCUT2D eigenvalue weighted by molar-refractivity contribution is 5.88. The Hall–Kier alpha value is -4.84. The van der Waals surface area contributed by atoms with E-state index in [1.807, 2.05) is 13.1 Å². The summed E-state index contributed by atoms with van der Waals surface area (Å²) in [4.78, 5) is 15.1. The molecule has 12 heteroatoms. The van der Waals surface area contributed by atoms with Crippen molar-refractivity contribution in [2.24, 2.45) is 0 Å². The number of nitrogens with one attached hydrogen (secondary N) is 2. The van der Waals surface area contributed by atoms with Crippen molar-refractivity contribution in [3.63, 3.8) is 0 Å². The molecule has 0 atom stereocenters. The van der Waals surface area contributed by atoms with Crippen LogP contribution in [0.15, 0.2) is 67.0 Å². The molecule has 0 saturated carbocycles. The fourth-order valence-corrected chi connectivity index (χ4v) is 5.45. The third kappa shape index (κ3) is 5.98. The van der Waals surface area contributed by atoms with Crippen molar-refractivity contribution in [1.82, 2.24) is 20.3 Å². The van der Waals surface area contributed by atoms with Crippen LogP contribution in [-0.4, -0.2) is 55.4 Å². The Kier molecular flexibility index (Phi) is 8.00. The van der Waals surface area contributed by atoms with Crippen LogP contribution in [-0.2, 0) is 6.18 Å². The van der Waals surface area contributed by atoms with Gasteiger partial charge in [-0.25, -0.2) is 9.97 Å². The minimum absolute atomic E-state index is 0.163. The molecule has 1 aliphatic rings. The number of aromatic nitrogens is 3. The van der Waals surface area contributed by atoms with Gasteiger partial charge in [0, 0.05) is 65.8 Å². The number of rotatable bonds is 8. The van der Waals surface area contributed by atoms with Gasteiger partial charge in [-0.05, 0) is 62.4 Å². The lowest BCUT2D eigenvalue weighted by Crippen LogP contribution is -2.41. The van der Waals surface area contributed by atoms with Crippen LogP contribution in [0.5, 0.6) is 23.0 Å². The lowest BCUT2D eigenvalue weighted by Gasteiger charge is -2.35. The standard InChI is InChI=1S/C32H31F3N6O3/c1-36-20-9-12-41(13-10-20)27-7-5-21(14-24(27)32(33,34)35)39-31-38-18-19-4-6-22(15-25(19)40-31)44-28-8-11-37-26-17-30(43-3)29(42-2)16-23(26)28/h4-8,11,14-18,20,36H,9-10,12-13H2,1-3H3,(H,38,39,40). The molecular weight excluding hydrogens is 573 g/mol. The quantitative estimate of drug-likeness (QED) is 0.195. The second-order valence-corrected chi connectivity index (χ2v) is 10.5. The van der Waals surface area contributed by atoms with Gasteiger partial charge in [0.25, 0.3) is 0 Å². The number of nitrogens with zero attached hydrogens (tertiary/aromatic N) is 4. The summed E-state index contributed by atoms with van der Waals surface area (Å²) < 4.78 is 59.5. The second kappa shape index (κ2) is 12.0. The molecule has 1 saturated heterocycles. The van der Waals surface area contributed by atoms with E-state index in [0.717, 1.165) is 29.7 Å². The Labute approximate surface area is 252 Å². The van der Waals surface area contributed by atoms with E-state index in [0.29, 0.717) is 53.2 Å². The topological polar surface area (TPSA) is 93.7 Å². The van der Waals surface area contributed by atoms with E-state index in [9.17, 15) is 13.2 Å². The van der Waals surface area contributed by atoms with Gasteiger partial charge in [0.2, 0.25) is 5.95 Å². The lowest BCUT2D eigenvalue weighted by atomic mass is 10.0. The number of piperidine rings is 1. The van der Waals surface area contributed by atoms with E-state index in [4.69, 9.17) is 14.2 Å². The van der Waals surface area contributed by atoms with Gasteiger partial charge < -0.3 is 29.7 Å². The summed E-state index contributed by atoms with van der Waals surface area (Å²) in [6, 6.07) is 15.2. The summed E-state index contributed by atoms with van der Waals surface area (Å²) >= 11 is 0. The molecular formula is C32H31F3N6O3. The van der Waals surface area contributed by atoms with Gasteiger partial charge in [-0.15, -0.1) is 0 Å². The first kappa shape index (κ1) is 29.2. The van der Waals surface area contributed by atoms with Crippen molar-refractivity contribution in [2.45, 2.75) is 25.1 Å². The monoisotopic (exact) mass is 604 g/mol. The second-order valence-electron chi connectivity index (χ2n) is 10.5. The van der Waals surface area contributed by atoms with Gasteiger partial charge in [-0.1, -0.05) is 0 Å². The summed E-state index contributed by atoms with van der Waals surface area (Å²) in [6.07, 6.45) is 0.295. The van der Waals surface area contributed by atoms with Crippen LogP contribution in [0.25, 0.3) is 21.8 Å². The van der Waals surface area contributed by atoms with E-state index >= 15 is 0 Å². The number of methoxy groups -OCH3 is 2. The van der Waals surface area contributed by atoms with Gasteiger partial charge in [0.05, 0.1) is 30.8 Å². The Balaban J connectivity index is 1.26. The van der Waals surface area contributed by atoms with E-state index in [1.54, 1.807) is 67.9 Å². The van der Waals surface area contributed by atoms with Crippen LogP contribution >= 0.6 is 0 Å². The summed E-state index contributed by atoms with van der Waals surface area (Å²) in [6.45, 7) is 1.10. The number of anilines is 3. The molecule has 1 aliphatic heterocycles. The van der Waals surface area contributed by atoms with Crippen molar-refractivity contribution in [3.05, 3.63) is 72.6 Å². The average molecular weight is 605 g/mol. The van der Waals surface area contributed by atoms with E-state index in [-0.39, 0.29) is 17.3 Å². The fraction of sp³-hybridized carbons (Fsp3) is 0.281. The molecule has 0 unspecified atom stereocenters. The molecule has 0 amide bonds. The molecule has 0 aliphatic carbocycles. The first-order valence-electron chi connectivity index (χ1n) is 14.1. The van der Waals surface area contributed by atoms with Crippen LogP contribution in [0.4, 0.5) is 30.5 Å². The van der Waals surface area contributed by atoms with Crippen molar-refractivity contribution >= 4 is 39.1 Å². The lowest BCUT2D eigenvalue weighted by molar-refractivity contribution is -0.137. The maximum atomic E-state index is 14.1. The van der Waals surface area contributed by atoms with Gasteiger partial charge in [0.1, 0.15) is 11.5 Å². The fourth-order valence-electron chi connectivity index (χ4n) is 5.45. The minimum Gasteiger partial charge on any atom is -0.493 e. The highest BCUT2D eigenvalue weighted by atomic mass is 19.4. The predicted molar refractivity (Wildman–Crippen MR) is 163 cm³/mol. The predicted octanol–water partition coefficient (Wildman–Crippen LogP) is 6.94. The number of ether oxygens (including phenoxy) is 3. The zero-order valence-electron chi connectivity index (χ0n) is 24.4. The molecule has 2 N–H and O–H groups in total. The molecule has 3 heterocycles. The van der Waals surface area contributed by atoms with Gasteiger partial charge >= 0.3 is 6.18 Å². The van der Waals surface area contributed by atoms with E-state index in [1.165, 1.54) is 6.07 Å². The maximum absolute atomic E-state index is 14.1. The average Bonchev–Trinajstić information content (AvgIpc) is 3.03. The number of pyridine rings is 1. The van der Waals surface area contributed by atoms with Crippen molar-refractivity contribution < 1.29 is 27.4 Å². The maximum Gasteiger partial charge on any atom is 0.418 e. The van der Waals surface area contributed by atoms with Gasteiger partial charge in [0.15, 0.2) is 11.5 Å². The third-order valence-corrected chi connectivity index (χ3v) is 7.79. The molecule has 2 aromatic heterocycles. The Morgan fingerprint density at radius 3 is 2.36 bits per heavy atom. The van der Waals surface area contributed by atoms with Gasteiger partial charge in [-0.2, -0.15) is 13.2 Å². The molecule has 3 aromatic carbocycles. The SMILES string of the molecule is CNC1CCN(c2ccc(Nc3ncc4ccc(Oc5ccnc6cc(OC)c(OC)cc56)cc4n3)cc2C(F)(F)F)CC1. The largest absolute Gasteiger partial charge is 0.493 e. The summed E-state index contributed by atoms with van der Waals surface area (Å²) in [5, 5.41) is 7.62. The molecule has 9 nitrogen and oxygen atoms in total. The van der Waals surface area contributed by atoms with Crippen LogP contribution in [0.2, 0.25) is 0 Å². The first-order valence-corrected chi connectivity index (χ1v) is 14.1. The number of halogens is 3. The number of alkyl halides is 3. The van der Waals surface area contributed by atoms with E-state index in [2.05, 4.69) is 25.6 Å². The normalized spacial score (nSPS) is 14.2. The summed E-state index contributed by atoms with van der Waals surface area (Å²) in [5.41, 5.74) is 0.948. The van der Waals surface area contributed by atoms with E-state index < -0.39 is 11.7 Å². The zero-order valence-corrected chi connectivity index (χ0v) is 24.4. The Morgan fingerprint density at radius 2 is 1.64 bits per heavy atom. The number of benzene rings is 3. The number of fused-ring (bicyclic) bond motifs is 2. The summed E-state index contributed by atoms with van der Waals surface area (Å²) in [7, 11) is 4.99. The molecule has 1 fully saturated rings. The van der Waals surface area contributed by atoms with Crippen molar-refractivity contribution in [2.75, 3.05) is 44.6 Å². The molecule has 0 spiro atoms. The smallest absolute Gasteiger partial charge is 0.418 e. The van der Waals surface area contributed by atoms with Crippen LogP contribution in [0.3, 0.4) is 0 Å². The molecule has 0 radical (unpaired) electrons. The van der Waals surface area contributed by atoms with Crippen LogP contribution in [0, 0.1) is 0 Å². The number of hydrogen-bond acceptors (Lipinski definition) is 9. The molecule has 228 valence electrons. The zero-order chi connectivity index (χ0) is 30.8. The molecule has 5 aromatic rings. The number of hydrogen-bond donors (Lipinski definition) is 2. The van der Waals surface area contributed by atoms with Crippen molar-refractivity contribution in [3.8, 4) is 23.0 Å². The van der Waals surface area contributed by atoms with Gasteiger partial charge in [-0.3, -0.25) is 4.98 Å². The summed E-state index contributed by atoms with van der Waals surface area (Å²) in [5.74, 6) is 2.32. The highest BCUT2D eigenvalue weighted by Gasteiger charge is 2.36. The van der Waals surface area contributed by atoms with Crippen LogP contribution < -0.4 is 29.7 Å². The highest BCUT2D eigenvalue weighted by Crippen LogP contribution is 2.40. The van der Waals surface area contributed by atoms with Crippen molar-refractivity contribution in [1.29, 1.82) is 0 Å². The molecule has 6 rings (SSSR count). The minimum atomic E-state index is -4.52. The Morgan fingerprint density at radius 1 is 0.864 bits per heavy atom. The Bertz CT molecular complexity index is 1810. The first-order chi connectivity index (χ1) is 21.2. The third-order valence-electron chi connectivity index (χ3n) is 7.79. The molecule has 44 heavy (non-hydrogen) atoms. The molecule has 0 bridgehead atoms. The van der Waals surface area contributed by atoms with Crippen LogP contribution in [0.1, 0.15) is 18.4 Å².